The lowest BCUT2D eigenvalue weighted by Gasteiger charge is -2.17. The summed E-state index contributed by atoms with van der Waals surface area (Å²) in [7, 11) is 0. The standard InChI is InChI=1S/C16H20N2O2/c1-3-18(4-2)11-12-20-16(19)14-9-10-17-15-8-6-5-7-13(14)15/h5-10H,3-4,11-12H2,1-2H3. The summed E-state index contributed by atoms with van der Waals surface area (Å²) >= 11 is 0. The number of hydrogen-bond donors (Lipinski definition) is 0. The van der Waals surface area contributed by atoms with E-state index in [-0.39, 0.29) is 5.97 Å². The van der Waals surface area contributed by atoms with Gasteiger partial charge < -0.3 is 9.64 Å². The molecule has 0 atom stereocenters. The molecule has 0 spiro atoms. The molecule has 0 unspecified atom stereocenters. The molecule has 0 aliphatic rings. The van der Waals surface area contributed by atoms with Crippen LogP contribution in [0.2, 0.25) is 0 Å². The molecule has 1 aromatic heterocycles. The average Bonchev–Trinajstić information content (AvgIpc) is 2.51. The zero-order valence-corrected chi connectivity index (χ0v) is 12.0. The van der Waals surface area contributed by atoms with Gasteiger partial charge >= 0.3 is 5.97 Å². The normalized spacial score (nSPS) is 10.9. The number of esters is 1. The lowest BCUT2D eigenvalue weighted by Crippen LogP contribution is -2.27. The van der Waals surface area contributed by atoms with Gasteiger partial charge in [-0.15, -0.1) is 0 Å². The van der Waals surface area contributed by atoms with Gasteiger partial charge in [0.1, 0.15) is 6.61 Å². The minimum absolute atomic E-state index is 0.282. The molecule has 0 radical (unpaired) electrons. The van der Waals surface area contributed by atoms with Gasteiger partial charge in [0.2, 0.25) is 0 Å². The Hall–Kier alpha value is -1.94. The molecular weight excluding hydrogens is 252 g/mol. The summed E-state index contributed by atoms with van der Waals surface area (Å²) < 4.78 is 5.36. The first-order valence-corrected chi connectivity index (χ1v) is 6.99. The molecule has 0 fully saturated rings. The van der Waals surface area contributed by atoms with Crippen LogP contribution in [0.15, 0.2) is 36.5 Å². The molecule has 2 aromatic rings. The van der Waals surface area contributed by atoms with E-state index in [1.54, 1.807) is 12.3 Å². The number of hydrogen-bond acceptors (Lipinski definition) is 4. The maximum Gasteiger partial charge on any atom is 0.338 e. The Morgan fingerprint density at radius 2 is 1.95 bits per heavy atom. The van der Waals surface area contributed by atoms with Crippen molar-refractivity contribution in [1.29, 1.82) is 0 Å². The highest BCUT2D eigenvalue weighted by Gasteiger charge is 2.11. The first kappa shape index (κ1) is 14.5. The Morgan fingerprint density at radius 1 is 1.20 bits per heavy atom. The molecule has 4 nitrogen and oxygen atoms in total. The Kier molecular flexibility index (Phi) is 5.07. The van der Waals surface area contributed by atoms with Crippen molar-refractivity contribution < 1.29 is 9.53 Å². The number of benzene rings is 1. The smallest absolute Gasteiger partial charge is 0.338 e. The van der Waals surface area contributed by atoms with Crippen LogP contribution in [-0.2, 0) is 4.74 Å². The van der Waals surface area contributed by atoms with Crippen LogP contribution < -0.4 is 0 Å². The summed E-state index contributed by atoms with van der Waals surface area (Å²) in [5.41, 5.74) is 1.39. The van der Waals surface area contributed by atoms with Crippen molar-refractivity contribution in [3.05, 3.63) is 42.1 Å². The van der Waals surface area contributed by atoms with Gasteiger partial charge in [-0.1, -0.05) is 32.0 Å². The number of para-hydroxylation sites is 1. The number of carbonyl (C=O) groups is 1. The van der Waals surface area contributed by atoms with E-state index in [1.807, 2.05) is 24.3 Å². The third-order valence-electron chi connectivity index (χ3n) is 3.40. The van der Waals surface area contributed by atoms with Crippen LogP contribution in [0, 0.1) is 0 Å². The van der Waals surface area contributed by atoms with Crippen LogP contribution in [0.1, 0.15) is 24.2 Å². The highest BCUT2D eigenvalue weighted by Crippen LogP contribution is 2.16. The van der Waals surface area contributed by atoms with Gasteiger partial charge in [0.15, 0.2) is 0 Å². The predicted octanol–water partition coefficient (Wildman–Crippen LogP) is 2.73. The van der Waals surface area contributed by atoms with Crippen molar-refractivity contribution in [1.82, 2.24) is 9.88 Å². The van der Waals surface area contributed by atoms with Crippen molar-refractivity contribution >= 4 is 16.9 Å². The number of fused-ring (bicyclic) bond motifs is 1. The maximum absolute atomic E-state index is 12.1. The topological polar surface area (TPSA) is 42.4 Å². The summed E-state index contributed by atoms with van der Waals surface area (Å²) in [6.45, 7) is 7.31. The van der Waals surface area contributed by atoms with E-state index in [0.29, 0.717) is 12.2 Å². The molecular formula is C16H20N2O2. The van der Waals surface area contributed by atoms with Gasteiger partial charge in [-0.05, 0) is 25.2 Å². The molecule has 20 heavy (non-hydrogen) atoms. The summed E-state index contributed by atoms with van der Waals surface area (Å²) in [5, 5.41) is 0.836. The molecule has 0 amide bonds. The Morgan fingerprint density at radius 3 is 2.70 bits per heavy atom. The SMILES string of the molecule is CCN(CC)CCOC(=O)c1ccnc2ccccc12. The molecule has 2 rings (SSSR count). The van der Waals surface area contributed by atoms with Crippen molar-refractivity contribution in [2.75, 3.05) is 26.2 Å². The molecule has 106 valence electrons. The molecule has 4 heteroatoms. The fraction of sp³-hybridized carbons (Fsp3) is 0.375. The van der Waals surface area contributed by atoms with E-state index in [2.05, 4.69) is 23.7 Å². The van der Waals surface area contributed by atoms with Crippen LogP contribution in [0.4, 0.5) is 0 Å². The van der Waals surface area contributed by atoms with Gasteiger partial charge in [-0.2, -0.15) is 0 Å². The number of nitrogens with zero attached hydrogens (tertiary/aromatic N) is 2. The van der Waals surface area contributed by atoms with E-state index < -0.39 is 0 Å². The van der Waals surface area contributed by atoms with Crippen LogP contribution in [0.25, 0.3) is 10.9 Å². The van der Waals surface area contributed by atoms with Gasteiger partial charge in [0, 0.05) is 18.1 Å². The number of ether oxygens (including phenoxy) is 1. The van der Waals surface area contributed by atoms with Gasteiger partial charge in [-0.3, -0.25) is 4.98 Å². The second-order valence-electron chi connectivity index (χ2n) is 4.54. The van der Waals surface area contributed by atoms with Gasteiger partial charge in [-0.25, -0.2) is 4.79 Å². The van der Waals surface area contributed by atoms with E-state index >= 15 is 0 Å². The number of aromatic nitrogens is 1. The number of likely N-dealkylation sites (N-methyl/N-ethyl adjacent to an activating group) is 1. The predicted molar refractivity (Wildman–Crippen MR) is 79.8 cm³/mol. The van der Waals surface area contributed by atoms with E-state index in [0.717, 1.165) is 30.5 Å². The second-order valence-corrected chi connectivity index (χ2v) is 4.54. The van der Waals surface area contributed by atoms with Crippen molar-refractivity contribution in [2.24, 2.45) is 0 Å². The zero-order valence-electron chi connectivity index (χ0n) is 12.0. The van der Waals surface area contributed by atoms with Crippen LogP contribution in [0.3, 0.4) is 0 Å². The quantitative estimate of drug-likeness (QED) is 0.758. The van der Waals surface area contributed by atoms with Crippen molar-refractivity contribution in [3.63, 3.8) is 0 Å². The molecule has 1 heterocycles. The maximum atomic E-state index is 12.1. The zero-order chi connectivity index (χ0) is 14.4. The molecule has 0 N–H and O–H groups in total. The first-order chi connectivity index (χ1) is 9.76. The van der Waals surface area contributed by atoms with E-state index in [4.69, 9.17) is 4.74 Å². The van der Waals surface area contributed by atoms with Crippen LogP contribution in [-0.4, -0.2) is 42.1 Å². The highest BCUT2D eigenvalue weighted by molar-refractivity contribution is 6.03. The first-order valence-electron chi connectivity index (χ1n) is 6.99. The molecule has 0 saturated carbocycles. The summed E-state index contributed by atoms with van der Waals surface area (Å²) in [5.74, 6) is -0.282. The monoisotopic (exact) mass is 272 g/mol. The third kappa shape index (κ3) is 3.33. The molecule has 0 bridgehead atoms. The van der Waals surface area contributed by atoms with Crippen molar-refractivity contribution in [3.8, 4) is 0 Å². The minimum atomic E-state index is -0.282. The Labute approximate surface area is 119 Å². The fourth-order valence-corrected chi connectivity index (χ4v) is 2.16. The minimum Gasteiger partial charge on any atom is -0.461 e. The number of rotatable bonds is 6. The lowest BCUT2D eigenvalue weighted by atomic mass is 10.1. The van der Waals surface area contributed by atoms with Crippen LogP contribution in [0.5, 0.6) is 0 Å². The second kappa shape index (κ2) is 7.01. The van der Waals surface area contributed by atoms with E-state index in [1.165, 1.54) is 0 Å². The van der Waals surface area contributed by atoms with E-state index in [9.17, 15) is 4.79 Å². The fourth-order valence-electron chi connectivity index (χ4n) is 2.16. The lowest BCUT2D eigenvalue weighted by molar-refractivity contribution is 0.0468. The van der Waals surface area contributed by atoms with Gasteiger partial charge in [0.05, 0.1) is 11.1 Å². The molecule has 1 aromatic carbocycles. The molecule has 0 aliphatic carbocycles. The number of pyridine rings is 1. The third-order valence-corrected chi connectivity index (χ3v) is 3.40. The molecule has 0 saturated heterocycles. The Balaban J connectivity index is 2.05. The highest BCUT2D eigenvalue weighted by atomic mass is 16.5. The average molecular weight is 272 g/mol. The van der Waals surface area contributed by atoms with Gasteiger partial charge in [0.25, 0.3) is 0 Å². The summed E-state index contributed by atoms with van der Waals surface area (Å²) in [4.78, 5) is 18.6. The summed E-state index contributed by atoms with van der Waals surface area (Å²) in [6, 6.07) is 9.30. The molecule has 0 aliphatic heterocycles. The van der Waals surface area contributed by atoms with Crippen molar-refractivity contribution in [2.45, 2.75) is 13.8 Å². The van der Waals surface area contributed by atoms with Crippen LogP contribution >= 0.6 is 0 Å². The summed E-state index contributed by atoms with van der Waals surface area (Å²) in [6.07, 6.45) is 1.64. The number of carbonyl (C=O) groups excluding carboxylic acids is 1. The largest absolute Gasteiger partial charge is 0.461 e. The Bertz CT molecular complexity index is 574.